The van der Waals surface area contributed by atoms with Gasteiger partial charge in [0.15, 0.2) is 11.6 Å². The Kier molecular flexibility index (Phi) is 9.15. The predicted molar refractivity (Wildman–Crippen MR) is 124 cm³/mol. The van der Waals surface area contributed by atoms with Gasteiger partial charge < -0.3 is 0 Å². The molecule has 166 valence electrons. The number of benzene rings is 1. The molecule has 1 aromatic carbocycles. The maximum atomic E-state index is 14.7. The van der Waals surface area contributed by atoms with Crippen LogP contribution in [0.4, 0.5) is 8.78 Å². The molecule has 2 heteroatoms. The number of allylic oxidation sites excluding steroid dienone is 4. The molecule has 0 radical (unpaired) electrons. The van der Waals surface area contributed by atoms with E-state index in [-0.39, 0.29) is 0 Å². The van der Waals surface area contributed by atoms with Crippen molar-refractivity contribution in [2.45, 2.75) is 97.3 Å². The Hall–Kier alpha value is -1.44. The zero-order chi connectivity index (χ0) is 21.3. The first-order chi connectivity index (χ1) is 14.6. The van der Waals surface area contributed by atoms with Crippen LogP contribution in [-0.2, 0) is 6.42 Å². The molecule has 1 unspecified atom stereocenters. The Balaban J connectivity index is 1.51. The maximum Gasteiger partial charge on any atom is 0.166 e. The first kappa shape index (κ1) is 23.2. The van der Waals surface area contributed by atoms with Crippen LogP contribution in [0.2, 0.25) is 0 Å². The molecule has 0 N–H and O–H groups in total. The normalized spacial score (nSPS) is 24.1. The van der Waals surface area contributed by atoms with Gasteiger partial charge in [-0.1, -0.05) is 95.6 Å². The van der Waals surface area contributed by atoms with Gasteiger partial charge in [-0.15, -0.1) is 0 Å². The summed E-state index contributed by atoms with van der Waals surface area (Å²) < 4.78 is 29.1. The molecule has 0 bridgehead atoms. The molecule has 2 aliphatic carbocycles. The molecule has 0 saturated heterocycles. The fourth-order valence-corrected chi connectivity index (χ4v) is 5.32. The minimum atomic E-state index is -0.679. The molecule has 0 amide bonds. The van der Waals surface area contributed by atoms with Gasteiger partial charge in [0.05, 0.1) is 0 Å². The van der Waals surface area contributed by atoms with Gasteiger partial charge >= 0.3 is 0 Å². The maximum absolute atomic E-state index is 14.7. The quantitative estimate of drug-likeness (QED) is 0.335. The third-order valence-corrected chi connectivity index (χ3v) is 7.37. The van der Waals surface area contributed by atoms with Gasteiger partial charge in [-0.25, -0.2) is 8.78 Å². The van der Waals surface area contributed by atoms with E-state index < -0.39 is 11.6 Å². The van der Waals surface area contributed by atoms with E-state index >= 15 is 0 Å². The van der Waals surface area contributed by atoms with Crippen molar-refractivity contribution in [3.63, 3.8) is 0 Å². The van der Waals surface area contributed by atoms with E-state index in [9.17, 15) is 8.78 Å². The molecule has 0 aliphatic heterocycles. The number of rotatable bonds is 10. The lowest BCUT2D eigenvalue weighted by molar-refractivity contribution is 0.218. The van der Waals surface area contributed by atoms with Crippen molar-refractivity contribution < 1.29 is 8.78 Å². The van der Waals surface area contributed by atoms with Crippen LogP contribution in [0.1, 0.15) is 102 Å². The molecule has 1 fully saturated rings. The lowest BCUT2D eigenvalue weighted by Crippen LogP contribution is -2.21. The van der Waals surface area contributed by atoms with Crippen LogP contribution in [-0.4, -0.2) is 0 Å². The minimum absolute atomic E-state index is 0.415. The van der Waals surface area contributed by atoms with Gasteiger partial charge in [0.25, 0.3) is 0 Å². The van der Waals surface area contributed by atoms with Gasteiger partial charge in [-0.05, 0) is 61.0 Å². The second-order valence-corrected chi connectivity index (χ2v) is 9.55. The number of hydrogen-bond donors (Lipinski definition) is 0. The van der Waals surface area contributed by atoms with Gasteiger partial charge in [0.2, 0.25) is 0 Å². The van der Waals surface area contributed by atoms with Crippen LogP contribution >= 0.6 is 0 Å². The van der Waals surface area contributed by atoms with E-state index in [0.29, 0.717) is 23.5 Å². The van der Waals surface area contributed by atoms with Crippen LogP contribution in [0.25, 0.3) is 5.57 Å². The second-order valence-electron chi connectivity index (χ2n) is 9.55. The molecule has 0 heterocycles. The molecule has 3 rings (SSSR count). The fraction of sp³-hybridized carbons (Fsp3) is 0.643. The highest BCUT2D eigenvalue weighted by molar-refractivity contribution is 5.75. The Morgan fingerprint density at radius 1 is 0.867 bits per heavy atom. The Bertz CT molecular complexity index is 722. The molecule has 0 aromatic heterocycles. The number of halogens is 2. The Labute approximate surface area is 182 Å². The zero-order valence-electron chi connectivity index (χ0n) is 19.1. The summed E-state index contributed by atoms with van der Waals surface area (Å²) in [5.41, 5.74) is 1.76. The Morgan fingerprint density at radius 2 is 1.63 bits per heavy atom. The van der Waals surface area contributed by atoms with E-state index in [4.69, 9.17) is 0 Å². The monoisotopic (exact) mass is 414 g/mol. The summed E-state index contributed by atoms with van der Waals surface area (Å²) >= 11 is 0. The summed E-state index contributed by atoms with van der Waals surface area (Å²) in [6.07, 6.45) is 22.2. The molecule has 30 heavy (non-hydrogen) atoms. The summed E-state index contributed by atoms with van der Waals surface area (Å²) in [5, 5.41) is 0. The summed E-state index contributed by atoms with van der Waals surface area (Å²) in [6, 6.07) is 3.54. The first-order valence-electron chi connectivity index (χ1n) is 12.5. The third-order valence-electron chi connectivity index (χ3n) is 7.37. The highest BCUT2D eigenvalue weighted by Gasteiger charge is 2.27. The zero-order valence-corrected chi connectivity index (χ0v) is 19.1. The topological polar surface area (TPSA) is 0 Å². The van der Waals surface area contributed by atoms with E-state index in [1.165, 1.54) is 57.8 Å². The number of unbranched alkanes of at least 4 members (excludes halogenated alkanes) is 4. The predicted octanol–water partition coefficient (Wildman–Crippen LogP) is 9.04. The molecule has 0 nitrogen and oxygen atoms in total. The van der Waals surface area contributed by atoms with E-state index in [0.717, 1.165) is 36.7 Å². The molecule has 1 atom stereocenters. The van der Waals surface area contributed by atoms with Crippen LogP contribution in [0.5, 0.6) is 0 Å². The summed E-state index contributed by atoms with van der Waals surface area (Å²) in [5.74, 6) is 0.909. The molecule has 1 saturated carbocycles. The van der Waals surface area contributed by atoms with E-state index in [1.54, 1.807) is 12.1 Å². The van der Waals surface area contributed by atoms with Crippen molar-refractivity contribution in [1.29, 1.82) is 0 Å². The molecule has 2 aliphatic rings. The lowest BCUT2D eigenvalue weighted by Gasteiger charge is -2.33. The van der Waals surface area contributed by atoms with Gasteiger partial charge in [-0.3, -0.25) is 0 Å². The summed E-state index contributed by atoms with van der Waals surface area (Å²) in [7, 11) is 0. The highest BCUT2D eigenvalue weighted by Crippen LogP contribution is 2.40. The molecule has 0 spiro atoms. The fourth-order valence-electron chi connectivity index (χ4n) is 5.32. The van der Waals surface area contributed by atoms with E-state index in [1.807, 2.05) is 6.08 Å². The molecule has 1 aromatic rings. The minimum Gasteiger partial charge on any atom is -0.203 e. The van der Waals surface area contributed by atoms with Gasteiger partial charge in [0.1, 0.15) is 0 Å². The van der Waals surface area contributed by atoms with Gasteiger partial charge in [0, 0.05) is 5.56 Å². The standard InChI is InChI=1S/C28H40F2/c1-3-5-7-8-9-21-11-13-22(14-12-21)23-15-17-24(18-16-23)26-20-19-25(10-6-4-2)27(29)28(26)30/h15,17-23H,3-14,16H2,1-2H3/t21-,22-,23?. The van der Waals surface area contributed by atoms with Crippen molar-refractivity contribution in [2.75, 3.05) is 0 Å². The summed E-state index contributed by atoms with van der Waals surface area (Å²) in [6.45, 7) is 4.34. The SMILES string of the molecule is CCCCCC[C@H]1CC[C@H](C2C=CC(c3ccc(CCCC)c(F)c3F)=CC2)CC1. The average Bonchev–Trinajstić information content (AvgIpc) is 2.78. The highest BCUT2D eigenvalue weighted by atomic mass is 19.2. The van der Waals surface area contributed by atoms with Crippen molar-refractivity contribution in [3.8, 4) is 0 Å². The van der Waals surface area contributed by atoms with Crippen LogP contribution in [0.15, 0.2) is 30.4 Å². The molecular formula is C28H40F2. The number of hydrogen-bond acceptors (Lipinski definition) is 0. The van der Waals surface area contributed by atoms with Crippen molar-refractivity contribution in [3.05, 3.63) is 53.1 Å². The Morgan fingerprint density at radius 3 is 2.30 bits per heavy atom. The largest absolute Gasteiger partial charge is 0.203 e. The van der Waals surface area contributed by atoms with Gasteiger partial charge in [-0.2, -0.15) is 0 Å². The van der Waals surface area contributed by atoms with Crippen LogP contribution in [0, 0.1) is 29.4 Å². The summed E-state index contributed by atoms with van der Waals surface area (Å²) in [4.78, 5) is 0. The second kappa shape index (κ2) is 11.8. The van der Waals surface area contributed by atoms with E-state index in [2.05, 4.69) is 26.0 Å². The smallest absolute Gasteiger partial charge is 0.166 e. The number of aryl methyl sites for hydroxylation is 1. The van der Waals surface area contributed by atoms with Crippen LogP contribution in [0.3, 0.4) is 0 Å². The van der Waals surface area contributed by atoms with Crippen molar-refractivity contribution >= 4 is 5.57 Å². The first-order valence-corrected chi connectivity index (χ1v) is 12.5. The van der Waals surface area contributed by atoms with Crippen LogP contribution < -0.4 is 0 Å². The average molecular weight is 415 g/mol. The van der Waals surface area contributed by atoms with Crippen molar-refractivity contribution in [2.24, 2.45) is 17.8 Å². The lowest BCUT2D eigenvalue weighted by atomic mass is 9.72. The van der Waals surface area contributed by atoms with Crippen molar-refractivity contribution in [1.82, 2.24) is 0 Å². The third kappa shape index (κ3) is 6.05. The molecular weight excluding hydrogens is 374 g/mol.